The maximum Gasteiger partial charge on any atom is 0.159 e. The van der Waals surface area contributed by atoms with E-state index in [0.29, 0.717) is 0 Å². The molecule has 2 rings (SSSR count). The van der Waals surface area contributed by atoms with E-state index in [1.165, 1.54) is 0 Å². The third-order valence-corrected chi connectivity index (χ3v) is 2.81. The van der Waals surface area contributed by atoms with Crippen LogP contribution in [-0.2, 0) is 0 Å². The first kappa shape index (κ1) is 7.06. The Morgan fingerprint density at radius 1 is 1.55 bits per heavy atom. The van der Waals surface area contributed by atoms with Gasteiger partial charge in [-0.25, -0.2) is 4.98 Å². The van der Waals surface area contributed by atoms with Gasteiger partial charge in [-0.15, -0.1) is 11.3 Å². The van der Waals surface area contributed by atoms with Crippen molar-refractivity contribution in [1.29, 1.82) is 0 Å². The number of furan rings is 1. The SMILES string of the molecule is Brc1ncc(-c2ccoc2)s1. The summed E-state index contributed by atoms with van der Waals surface area (Å²) in [5, 5.41) is 0. The van der Waals surface area contributed by atoms with Crippen molar-refractivity contribution < 1.29 is 4.42 Å². The van der Waals surface area contributed by atoms with Crippen LogP contribution in [0, 0.1) is 0 Å². The Bertz CT molecular complexity index is 341. The molecular formula is C7H4BrNOS. The van der Waals surface area contributed by atoms with Gasteiger partial charge in [-0.1, -0.05) is 0 Å². The van der Waals surface area contributed by atoms with E-state index in [1.54, 1.807) is 23.9 Å². The maximum absolute atomic E-state index is 4.94. The number of thiazole rings is 1. The number of halogens is 1. The minimum Gasteiger partial charge on any atom is -0.472 e. The lowest BCUT2D eigenvalue weighted by Gasteiger charge is -1.82. The summed E-state index contributed by atoms with van der Waals surface area (Å²) in [4.78, 5) is 5.18. The molecule has 2 heterocycles. The van der Waals surface area contributed by atoms with Gasteiger partial charge < -0.3 is 4.42 Å². The minimum atomic E-state index is 0.897. The summed E-state index contributed by atoms with van der Waals surface area (Å²) in [6, 6.07) is 1.92. The van der Waals surface area contributed by atoms with Crippen LogP contribution in [0.15, 0.2) is 33.1 Å². The molecule has 0 spiro atoms. The van der Waals surface area contributed by atoms with Crippen LogP contribution in [0.3, 0.4) is 0 Å². The fourth-order valence-corrected chi connectivity index (χ4v) is 2.04. The normalized spacial score (nSPS) is 10.3. The van der Waals surface area contributed by atoms with Crippen molar-refractivity contribution in [3.63, 3.8) is 0 Å². The van der Waals surface area contributed by atoms with Crippen LogP contribution < -0.4 is 0 Å². The Hall–Kier alpha value is -0.610. The Morgan fingerprint density at radius 2 is 2.45 bits per heavy atom. The standard InChI is InChI=1S/C7H4BrNOS/c8-7-9-3-6(11-7)5-1-2-10-4-5/h1-4H. The van der Waals surface area contributed by atoms with E-state index >= 15 is 0 Å². The highest BCUT2D eigenvalue weighted by atomic mass is 79.9. The third-order valence-electron chi connectivity index (χ3n) is 1.28. The lowest BCUT2D eigenvalue weighted by Crippen LogP contribution is -1.60. The van der Waals surface area contributed by atoms with Gasteiger partial charge in [-0.05, 0) is 22.0 Å². The van der Waals surface area contributed by atoms with Crippen LogP contribution in [-0.4, -0.2) is 4.98 Å². The van der Waals surface area contributed by atoms with Gasteiger partial charge in [0.05, 0.1) is 17.4 Å². The fraction of sp³-hybridized carbons (Fsp3) is 0. The van der Waals surface area contributed by atoms with Crippen molar-refractivity contribution >= 4 is 27.3 Å². The van der Waals surface area contributed by atoms with Crippen LogP contribution in [0.2, 0.25) is 0 Å². The van der Waals surface area contributed by atoms with Gasteiger partial charge in [0.2, 0.25) is 0 Å². The molecule has 0 aliphatic heterocycles. The highest BCUT2D eigenvalue weighted by Crippen LogP contribution is 2.28. The number of hydrogen-bond donors (Lipinski definition) is 0. The average molecular weight is 230 g/mol. The molecule has 56 valence electrons. The Kier molecular flexibility index (Phi) is 1.79. The second-order valence-electron chi connectivity index (χ2n) is 1.99. The largest absolute Gasteiger partial charge is 0.472 e. The molecule has 0 atom stereocenters. The van der Waals surface area contributed by atoms with Gasteiger partial charge in [-0.2, -0.15) is 0 Å². The molecule has 0 radical (unpaired) electrons. The summed E-state index contributed by atoms with van der Waals surface area (Å²) in [7, 11) is 0. The smallest absolute Gasteiger partial charge is 0.159 e. The van der Waals surface area contributed by atoms with E-state index in [-0.39, 0.29) is 0 Å². The van der Waals surface area contributed by atoms with E-state index in [2.05, 4.69) is 20.9 Å². The molecule has 2 nitrogen and oxygen atoms in total. The molecule has 11 heavy (non-hydrogen) atoms. The molecule has 0 N–H and O–H groups in total. The Morgan fingerprint density at radius 3 is 3.00 bits per heavy atom. The van der Waals surface area contributed by atoms with E-state index in [4.69, 9.17) is 4.42 Å². The molecule has 0 aromatic carbocycles. The zero-order valence-corrected chi connectivity index (χ0v) is 7.85. The minimum absolute atomic E-state index is 0.897. The molecule has 0 fully saturated rings. The van der Waals surface area contributed by atoms with Crippen LogP contribution in [0.1, 0.15) is 0 Å². The Balaban J connectivity index is 2.45. The number of rotatable bonds is 1. The number of aromatic nitrogens is 1. The first-order chi connectivity index (χ1) is 5.36. The van der Waals surface area contributed by atoms with Gasteiger partial charge >= 0.3 is 0 Å². The van der Waals surface area contributed by atoms with Gasteiger partial charge in [-0.3, -0.25) is 0 Å². The average Bonchev–Trinajstić information content (AvgIpc) is 2.55. The van der Waals surface area contributed by atoms with Crippen LogP contribution in [0.4, 0.5) is 0 Å². The third kappa shape index (κ3) is 1.36. The second kappa shape index (κ2) is 2.79. The molecule has 0 amide bonds. The van der Waals surface area contributed by atoms with Crippen LogP contribution in [0.25, 0.3) is 10.4 Å². The molecule has 0 saturated heterocycles. The molecule has 0 bridgehead atoms. The van der Waals surface area contributed by atoms with Crippen molar-refractivity contribution in [2.75, 3.05) is 0 Å². The maximum atomic E-state index is 4.94. The highest BCUT2D eigenvalue weighted by Gasteiger charge is 2.02. The molecule has 0 aliphatic carbocycles. The predicted octanol–water partition coefficient (Wildman–Crippen LogP) is 3.17. The van der Waals surface area contributed by atoms with Crippen molar-refractivity contribution in [2.45, 2.75) is 0 Å². The van der Waals surface area contributed by atoms with E-state index < -0.39 is 0 Å². The van der Waals surface area contributed by atoms with Gasteiger partial charge in [0.1, 0.15) is 0 Å². The summed E-state index contributed by atoms with van der Waals surface area (Å²) >= 11 is 4.89. The predicted molar refractivity (Wildman–Crippen MR) is 47.5 cm³/mol. The summed E-state index contributed by atoms with van der Waals surface area (Å²) < 4.78 is 5.84. The monoisotopic (exact) mass is 229 g/mol. The lowest BCUT2D eigenvalue weighted by molar-refractivity contribution is 0.568. The van der Waals surface area contributed by atoms with E-state index in [0.717, 1.165) is 14.4 Å². The second-order valence-corrected chi connectivity index (χ2v) is 4.30. The van der Waals surface area contributed by atoms with Crippen molar-refractivity contribution in [3.8, 4) is 10.4 Å². The molecule has 0 saturated carbocycles. The number of hydrogen-bond acceptors (Lipinski definition) is 3. The summed E-state index contributed by atoms with van der Waals surface area (Å²) in [6.45, 7) is 0. The van der Waals surface area contributed by atoms with Crippen LogP contribution >= 0.6 is 27.3 Å². The molecule has 2 aromatic heterocycles. The van der Waals surface area contributed by atoms with Crippen molar-refractivity contribution in [1.82, 2.24) is 4.98 Å². The van der Waals surface area contributed by atoms with Gasteiger partial charge in [0.15, 0.2) is 3.92 Å². The summed E-state index contributed by atoms with van der Waals surface area (Å²) in [5.41, 5.74) is 1.08. The molecule has 0 aliphatic rings. The zero-order chi connectivity index (χ0) is 7.68. The van der Waals surface area contributed by atoms with Crippen LogP contribution in [0.5, 0.6) is 0 Å². The molecule has 4 heteroatoms. The van der Waals surface area contributed by atoms with Crippen molar-refractivity contribution in [3.05, 3.63) is 28.7 Å². The summed E-state index contributed by atoms with van der Waals surface area (Å²) in [5.74, 6) is 0. The Labute approximate surface area is 76.0 Å². The molecule has 0 unspecified atom stereocenters. The topological polar surface area (TPSA) is 26.0 Å². The van der Waals surface area contributed by atoms with Gasteiger partial charge in [0.25, 0.3) is 0 Å². The fourth-order valence-electron chi connectivity index (χ4n) is 0.791. The zero-order valence-electron chi connectivity index (χ0n) is 5.45. The van der Waals surface area contributed by atoms with Crippen molar-refractivity contribution in [2.24, 2.45) is 0 Å². The molecular weight excluding hydrogens is 226 g/mol. The first-order valence-corrected chi connectivity index (χ1v) is 4.61. The van der Waals surface area contributed by atoms with E-state index in [9.17, 15) is 0 Å². The van der Waals surface area contributed by atoms with E-state index in [1.807, 2.05) is 12.3 Å². The lowest BCUT2D eigenvalue weighted by atomic mass is 10.3. The first-order valence-electron chi connectivity index (χ1n) is 3.00. The quantitative estimate of drug-likeness (QED) is 0.751. The highest BCUT2D eigenvalue weighted by molar-refractivity contribution is 9.11. The van der Waals surface area contributed by atoms with Gasteiger partial charge in [0, 0.05) is 11.8 Å². The number of nitrogens with zero attached hydrogens (tertiary/aromatic N) is 1. The molecule has 2 aromatic rings. The summed E-state index contributed by atoms with van der Waals surface area (Å²) in [6.07, 6.45) is 5.18.